The Morgan fingerprint density at radius 1 is 1.16 bits per heavy atom. The normalized spacial score (nSPS) is 13.3. The predicted molar refractivity (Wildman–Crippen MR) is 107 cm³/mol. The molecule has 0 bridgehead atoms. The topological polar surface area (TPSA) is 49.4 Å². The Bertz CT molecular complexity index is 916. The summed E-state index contributed by atoms with van der Waals surface area (Å²) in [5, 5.41) is 5.18. The summed E-state index contributed by atoms with van der Waals surface area (Å²) in [4.78, 5) is 8.12. The molecule has 0 atom stereocenters. The number of hydrogen-bond donors (Lipinski definition) is 2. The van der Waals surface area contributed by atoms with Crippen LogP contribution in [-0.4, -0.2) is 30.5 Å². The number of aromatic amines is 1. The van der Waals surface area contributed by atoms with Gasteiger partial charge in [-0.1, -0.05) is 11.6 Å². The van der Waals surface area contributed by atoms with E-state index in [1.165, 1.54) is 0 Å². The van der Waals surface area contributed by atoms with Crippen LogP contribution in [0.5, 0.6) is 5.75 Å². The number of nitrogens with one attached hydrogen (secondary N) is 2. The number of benzene rings is 2. The lowest BCUT2D eigenvalue weighted by Crippen LogP contribution is -2.19. The zero-order valence-corrected chi connectivity index (χ0v) is 15.4. The molecule has 0 fully saturated rings. The van der Waals surface area contributed by atoms with Gasteiger partial charge in [0.05, 0.1) is 18.8 Å². The molecule has 1 aromatic heterocycles. The predicted octanol–water partition coefficient (Wildman–Crippen LogP) is 4.66. The molecule has 1 aliphatic heterocycles. The largest absolute Gasteiger partial charge is 0.494 e. The average molecular weight is 376 g/mol. The number of H-pyrrole nitrogens is 1. The van der Waals surface area contributed by atoms with Gasteiger partial charge in [-0.05, 0) is 55.0 Å². The molecule has 4 nitrogen and oxygen atoms in total. The van der Waals surface area contributed by atoms with Crippen molar-refractivity contribution in [3.05, 3.63) is 53.1 Å². The summed E-state index contributed by atoms with van der Waals surface area (Å²) >= 11 is 6.22. The second kappa shape index (κ2) is 7.38. The third-order valence-electron chi connectivity index (χ3n) is 4.13. The molecule has 6 heteroatoms. The standard InChI is InChI=1S/C19H18ClN3O.ClH/c1-2-24-14-6-3-12(4-7-14)18-17(19-21-9-10-22-19)15-11-13(20)5-8-16(15)23-18;/h3-8,11,23H,2,9-10H2,1H3,(H,21,22);1H. The molecule has 2 aromatic carbocycles. The minimum Gasteiger partial charge on any atom is -0.494 e. The third kappa shape index (κ3) is 3.32. The van der Waals surface area contributed by atoms with E-state index in [1.54, 1.807) is 0 Å². The summed E-state index contributed by atoms with van der Waals surface area (Å²) in [7, 11) is 0. The van der Waals surface area contributed by atoms with E-state index in [1.807, 2.05) is 37.3 Å². The summed E-state index contributed by atoms with van der Waals surface area (Å²) in [6.07, 6.45) is 0. The molecule has 3 aromatic rings. The highest BCUT2D eigenvalue weighted by atomic mass is 35.5. The molecule has 0 saturated carbocycles. The fourth-order valence-electron chi connectivity index (χ4n) is 3.08. The number of nitrogens with zero attached hydrogens (tertiary/aromatic N) is 1. The maximum absolute atomic E-state index is 6.22. The lowest BCUT2D eigenvalue weighted by Gasteiger charge is -2.08. The van der Waals surface area contributed by atoms with Gasteiger partial charge in [-0.2, -0.15) is 0 Å². The molecule has 0 radical (unpaired) electrons. The minimum atomic E-state index is 0. The number of aliphatic imine (C=N–C) groups is 1. The lowest BCUT2D eigenvalue weighted by atomic mass is 10.0. The minimum absolute atomic E-state index is 0. The van der Waals surface area contributed by atoms with E-state index in [9.17, 15) is 0 Å². The third-order valence-corrected chi connectivity index (χ3v) is 4.36. The maximum Gasteiger partial charge on any atom is 0.131 e. The van der Waals surface area contributed by atoms with Crippen molar-refractivity contribution >= 4 is 40.7 Å². The Hall–Kier alpha value is -2.17. The molecule has 1 aliphatic rings. The lowest BCUT2D eigenvalue weighted by molar-refractivity contribution is 0.340. The molecule has 0 amide bonds. The van der Waals surface area contributed by atoms with Gasteiger partial charge >= 0.3 is 0 Å². The summed E-state index contributed by atoms with van der Waals surface area (Å²) in [5.41, 5.74) is 4.27. The second-order valence-electron chi connectivity index (χ2n) is 5.68. The maximum atomic E-state index is 6.22. The molecule has 2 N–H and O–H groups in total. The molecule has 2 heterocycles. The SMILES string of the molecule is CCOc1ccc(-c2[nH]c3ccc(Cl)cc3c2C2=NCCN2)cc1.Cl. The van der Waals surface area contributed by atoms with E-state index in [0.29, 0.717) is 6.61 Å². The van der Waals surface area contributed by atoms with Crippen LogP contribution in [0, 0.1) is 0 Å². The first kappa shape index (κ1) is 17.6. The Morgan fingerprint density at radius 3 is 2.64 bits per heavy atom. The van der Waals surface area contributed by atoms with Crippen molar-refractivity contribution in [3.8, 4) is 17.0 Å². The first-order valence-corrected chi connectivity index (χ1v) is 8.47. The van der Waals surface area contributed by atoms with E-state index >= 15 is 0 Å². The van der Waals surface area contributed by atoms with Crippen molar-refractivity contribution in [1.29, 1.82) is 0 Å². The quantitative estimate of drug-likeness (QED) is 0.696. The molecular weight excluding hydrogens is 357 g/mol. The highest BCUT2D eigenvalue weighted by Gasteiger charge is 2.20. The van der Waals surface area contributed by atoms with Crippen LogP contribution in [0.4, 0.5) is 0 Å². The van der Waals surface area contributed by atoms with Gasteiger partial charge in [0.1, 0.15) is 11.6 Å². The average Bonchev–Trinajstić information content (AvgIpc) is 3.22. The van der Waals surface area contributed by atoms with Crippen molar-refractivity contribution in [2.45, 2.75) is 6.92 Å². The molecular formula is C19H19Cl2N3O. The van der Waals surface area contributed by atoms with Crippen molar-refractivity contribution < 1.29 is 4.74 Å². The first-order chi connectivity index (χ1) is 11.8. The number of ether oxygens (including phenoxy) is 1. The Balaban J connectivity index is 0.00000182. The van der Waals surface area contributed by atoms with Gasteiger partial charge in [-0.15, -0.1) is 12.4 Å². The monoisotopic (exact) mass is 375 g/mol. The molecule has 130 valence electrons. The van der Waals surface area contributed by atoms with Crippen molar-refractivity contribution in [1.82, 2.24) is 10.3 Å². The Kier molecular flexibility index (Phi) is 5.21. The van der Waals surface area contributed by atoms with Crippen molar-refractivity contribution in [2.75, 3.05) is 19.7 Å². The zero-order valence-electron chi connectivity index (χ0n) is 13.8. The summed E-state index contributed by atoms with van der Waals surface area (Å²) in [6.45, 7) is 4.31. The van der Waals surface area contributed by atoms with E-state index in [4.69, 9.17) is 16.3 Å². The van der Waals surface area contributed by atoms with Crippen LogP contribution < -0.4 is 10.1 Å². The molecule has 0 spiro atoms. The van der Waals surface area contributed by atoms with Gasteiger partial charge in [0.15, 0.2) is 0 Å². The summed E-state index contributed by atoms with van der Waals surface area (Å²) in [6, 6.07) is 14.0. The van der Waals surface area contributed by atoms with Gasteiger partial charge in [-0.25, -0.2) is 0 Å². The first-order valence-electron chi connectivity index (χ1n) is 8.09. The molecule has 4 rings (SSSR count). The Morgan fingerprint density at radius 2 is 1.96 bits per heavy atom. The smallest absolute Gasteiger partial charge is 0.131 e. The molecule has 0 unspecified atom stereocenters. The van der Waals surface area contributed by atoms with Gasteiger partial charge in [-0.3, -0.25) is 4.99 Å². The van der Waals surface area contributed by atoms with E-state index in [2.05, 4.69) is 27.4 Å². The van der Waals surface area contributed by atoms with Crippen molar-refractivity contribution in [2.24, 2.45) is 4.99 Å². The number of hydrogen-bond acceptors (Lipinski definition) is 3. The fraction of sp³-hybridized carbons (Fsp3) is 0.211. The molecule has 0 saturated heterocycles. The molecule has 25 heavy (non-hydrogen) atoms. The van der Waals surface area contributed by atoms with Gasteiger partial charge in [0.25, 0.3) is 0 Å². The van der Waals surface area contributed by atoms with Crippen LogP contribution >= 0.6 is 24.0 Å². The number of halogens is 2. The van der Waals surface area contributed by atoms with Crippen LogP contribution in [0.15, 0.2) is 47.5 Å². The highest BCUT2D eigenvalue weighted by molar-refractivity contribution is 6.31. The van der Waals surface area contributed by atoms with Crippen LogP contribution in [-0.2, 0) is 0 Å². The van der Waals surface area contributed by atoms with E-state index in [0.717, 1.165) is 57.4 Å². The van der Waals surface area contributed by atoms with Crippen LogP contribution in [0.25, 0.3) is 22.2 Å². The number of amidine groups is 1. The number of aromatic nitrogens is 1. The van der Waals surface area contributed by atoms with Crippen LogP contribution in [0.1, 0.15) is 12.5 Å². The fourth-order valence-corrected chi connectivity index (χ4v) is 3.25. The molecule has 0 aliphatic carbocycles. The van der Waals surface area contributed by atoms with E-state index < -0.39 is 0 Å². The van der Waals surface area contributed by atoms with Crippen LogP contribution in [0.2, 0.25) is 5.02 Å². The van der Waals surface area contributed by atoms with Crippen molar-refractivity contribution in [3.63, 3.8) is 0 Å². The Labute approximate surface area is 157 Å². The van der Waals surface area contributed by atoms with Gasteiger partial charge in [0.2, 0.25) is 0 Å². The van der Waals surface area contributed by atoms with E-state index in [-0.39, 0.29) is 12.4 Å². The summed E-state index contributed by atoms with van der Waals surface area (Å²) in [5.74, 6) is 1.80. The van der Waals surface area contributed by atoms with Gasteiger partial charge in [0, 0.05) is 28.0 Å². The zero-order chi connectivity index (χ0) is 16.5. The van der Waals surface area contributed by atoms with Gasteiger partial charge < -0.3 is 15.0 Å². The number of fused-ring (bicyclic) bond motifs is 1. The summed E-state index contributed by atoms with van der Waals surface area (Å²) < 4.78 is 5.54. The van der Waals surface area contributed by atoms with Crippen LogP contribution in [0.3, 0.4) is 0 Å². The number of rotatable bonds is 4. The second-order valence-corrected chi connectivity index (χ2v) is 6.12. The highest BCUT2D eigenvalue weighted by Crippen LogP contribution is 2.33.